The molecule has 2 rings (SSSR count). The van der Waals surface area contributed by atoms with Crippen LogP contribution in [0.15, 0.2) is 54.6 Å². The van der Waals surface area contributed by atoms with E-state index in [1.165, 1.54) is 0 Å². The topological polar surface area (TPSA) is 87.7 Å². The smallest absolute Gasteiger partial charge is 0.408 e. The molecule has 2 N–H and O–H groups in total. The molecule has 0 aliphatic heterocycles. The van der Waals surface area contributed by atoms with Crippen LogP contribution in [-0.4, -0.2) is 47.5 Å². The largest absolute Gasteiger partial charge is 0.444 e. The summed E-state index contributed by atoms with van der Waals surface area (Å²) < 4.78 is 5.53. The number of carbonyl (C=O) groups excluding carboxylic acids is 3. The number of aryl methyl sites for hydroxylation is 1. The molecular weight excluding hydrogens is 514 g/mol. The number of hydrogen-bond acceptors (Lipinski definition) is 4. The summed E-state index contributed by atoms with van der Waals surface area (Å²) in [5, 5.41) is 5.92. The van der Waals surface area contributed by atoms with Crippen molar-refractivity contribution in [1.29, 1.82) is 0 Å². The van der Waals surface area contributed by atoms with E-state index >= 15 is 0 Å². The van der Waals surface area contributed by atoms with Gasteiger partial charge in [-0.2, -0.15) is 0 Å². The molecule has 2 aromatic carbocycles. The molecule has 0 saturated carbocycles. The number of rotatable bonds is 16. The van der Waals surface area contributed by atoms with Crippen LogP contribution in [0.4, 0.5) is 4.79 Å². The highest BCUT2D eigenvalue weighted by molar-refractivity contribution is 5.92. The van der Waals surface area contributed by atoms with Crippen molar-refractivity contribution in [2.75, 3.05) is 13.1 Å². The number of nitrogens with zero attached hydrogens (tertiary/aromatic N) is 1. The highest BCUT2D eigenvalue weighted by atomic mass is 16.6. The predicted molar refractivity (Wildman–Crippen MR) is 166 cm³/mol. The summed E-state index contributed by atoms with van der Waals surface area (Å²) in [6.45, 7) is 12.6. The van der Waals surface area contributed by atoms with Gasteiger partial charge in [-0.25, -0.2) is 4.79 Å². The fraction of sp³-hybridized carbons (Fsp3) is 0.559. The first-order valence-corrected chi connectivity index (χ1v) is 15.3. The Morgan fingerprint density at radius 3 is 2.05 bits per heavy atom. The quantitative estimate of drug-likeness (QED) is 0.220. The zero-order valence-corrected chi connectivity index (χ0v) is 26.0. The highest BCUT2D eigenvalue weighted by Gasteiger charge is 2.36. The maximum Gasteiger partial charge on any atom is 0.408 e. The zero-order chi connectivity index (χ0) is 30.3. The van der Waals surface area contributed by atoms with Gasteiger partial charge in [0.05, 0.1) is 0 Å². The molecule has 0 aliphatic carbocycles. The fourth-order valence-electron chi connectivity index (χ4n) is 4.69. The number of benzene rings is 2. The van der Waals surface area contributed by atoms with E-state index in [0.29, 0.717) is 13.1 Å². The van der Waals surface area contributed by atoms with Crippen molar-refractivity contribution in [2.45, 2.75) is 111 Å². The molecular formula is C34H51N3O4. The Morgan fingerprint density at radius 1 is 0.829 bits per heavy atom. The molecule has 2 unspecified atom stereocenters. The van der Waals surface area contributed by atoms with Gasteiger partial charge in [0, 0.05) is 19.5 Å². The van der Waals surface area contributed by atoms with E-state index in [1.54, 1.807) is 25.7 Å². The maximum atomic E-state index is 14.4. The van der Waals surface area contributed by atoms with E-state index < -0.39 is 23.8 Å². The number of carbonyl (C=O) groups is 3. The average molecular weight is 566 g/mol. The van der Waals surface area contributed by atoms with Crippen molar-refractivity contribution in [2.24, 2.45) is 0 Å². The standard InChI is InChI=1S/C34H51N3O4/c1-7-10-15-23-35-31(38)30(28-21-19-26(9-3)20-22-28)37(24-16-11-8-2)32(39)29(25-27-17-13-12-14-18-27)36-33(40)41-34(4,5)6/h12-14,17-22,29-30H,7-11,15-16,23-25H2,1-6H3,(H,35,38)(H,36,40). The van der Waals surface area contributed by atoms with Crippen molar-refractivity contribution < 1.29 is 19.1 Å². The summed E-state index contributed by atoms with van der Waals surface area (Å²) in [7, 11) is 0. The van der Waals surface area contributed by atoms with Crippen LogP contribution >= 0.6 is 0 Å². The lowest BCUT2D eigenvalue weighted by atomic mass is 9.98. The van der Waals surface area contributed by atoms with Gasteiger partial charge >= 0.3 is 6.09 Å². The third-order valence-electron chi connectivity index (χ3n) is 6.90. The van der Waals surface area contributed by atoms with E-state index in [9.17, 15) is 14.4 Å². The predicted octanol–water partition coefficient (Wildman–Crippen LogP) is 6.75. The van der Waals surface area contributed by atoms with Gasteiger partial charge in [0.25, 0.3) is 0 Å². The summed E-state index contributed by atoms with van der Waals surface area (Å²) in [4.78, 5) is 42.8. The van der Waals surface area contributed by atoms with Crippen LogP contribution < -0.4 is 10.6 Å². The van der Waals surface area contributed by atoms with Crippen LogP contribution in [-0.2, 0) is 27.2 Å². The molecule has 0 saturated heterocycles. The molecule has 7 nitrogen and oxygen atoms in total. The minimum atomic E-state index is -0.904. The molecule has 0 fully saturated rings. The van der Waals surface area contributed by atoms with Gasteiger partial charge < -0.3 is 20.3 Å². The molecule has 0 spiro atoms. The summed E-state index contributed by atoms with van der Waals surface area (Å²) in [5.74, 6) is -0.505. The lowest BCUT2D eigenvalue weighted by molar-refractivity contribution is -0.142. The van der Waals surface area contributed by atoms with Crippen molar-refractivity contribution in [3.05, 3.63) is 71.3 Å². The molecule has 3 amide bonds. The van der Waals surface area contributed by atoms with E-state index in [2.05, 4.69) is 31.4 Å². The third-order valence-corrected chi connectivity index (χ3v) is 6.90. The molecule has 2 aromatic rings. The first-order chi connectivity index (χ1) is 19.6. The second kappa shape index (κ2) is 17.5. The number of unbranched alkanes of at least 4 members (excludes halogenated alkanes) is 4. The highest BCUT2D eigenvalue weighted by Crippen LogP contribution is 2.25. The first kappa shape index (κ1) is 33.9. The van der Waals surface area contributed by atoms with Crippen LogP contribution in [0.5, 0.6) is 0 Å². The molecule has 7 heteroatoms. The number of nitrogens with one attached hydrogen (secondary N) is 2. The molecule has 2 atom stereocenters. The Kier molecular flexibility index (Phi) is 14.4. The van der Waals surface area contributed by atoms with Crippen LogP contribution in [0, 0.1) is 0 Å². The summed E-state index contributed by atoms with van der Waals surface area (Å²) in [5.41, 5.74) is 2.11. The Bertz CT molecular complexity index is 1060. The minimum Gasteiger partial charge on any atom is -0.444 e. The molecule has 0 bridgehead atoms. The van der Waals surface area contributed by atoms with Crippen LogP contribution in [0.2, 0.25) is 0 Å². The van der Waals surface area contributed by atoms with E-state index in [1.807, 2.05) is 54.6 Å². The van der Waals surface area contributed by atoms with Gasteiger partial charge in [-0.3, -0.25) is 9.59 Å². The third kappa shape index (κ3) is 12.0. The minimum absolute atomic E-state index is 0.203. The number of amides is 3. The lowest BCUT2D eigenvalue weighted by Crippen LogP contribution is -2.54. The molecule has 0 aliphatic rings. The molecule has 226 valence electrons. The van der Waals surface area contributed by atoms with Crippen molar-refractivity contribution in [1.82, 2.24) is 15.5 Å². The summed E-state index contributed by atoms with van der Waals surface area (Å²) in [6, 6.07) is 15.8. The molecule has 41 heavy (non-hydrogen) atoms. The zero-order valence-electron chi connectivity index (χ0n) is 26.0. The van der Waals surface area contributed by atoms with Crippen LogP contribution in [0.25, 0.3) is 0 Å². The normalized spacial score (nSPS) is 12.7. The van der Waals surface area contributed by atoms with Gasteiger partial charge in [0.15, 0.2) is 0 Å². The van der Waals surface area contributed by atoms with E-state index in [4.69, 9.17) is 4.74 Å². The monoisotopic (exact) mass is 565 g/mol. The van der Waals surface area contributed by atoms with Gasteiger partial charge in [0.2, 0.25) is 11.8 Å². The second-order valence-electron chi connectivity index (χ2n) is 11.6. The average Bonchev–Trinajstić information content (AvgIpc) is 2.94. The molecule has 0 heterocycles. The number of hydrogen-bond donors (Lipinski definition) is 2. The fourth-order valence-corrected chi connectivity index (χ4v) is 4.69. The van der Waals surface area contributed by atoms with Crippen LogP contribution in [0.1, 0.15) is 103 Å². The molecule has 0 radical (unpaired) electrons. The van der Waals surface area contributed by atoms with Gasteiger partial charge in [-0.1, -0.05) is 101 Å². The van der Waals surface area contributed by atoms with Crippen molar-refractivity contribution >= 4 is 17.9 Å². The lowest BCUT2D eigenvalue weighted by Gasteiger charge is -2.35. The SMILES string of the molecule is CCCCCNC(=O)C(c1ccc(CC)cc1)N(CCCCC)C(=O)C(Cc1ccccc1)NC(=O)OC(C)(C)C. The van der Waals surface area contributed by atoms with Gasteiger partial charge in [-0.15, -0.1) is 0 Å². The Morgan fingerprint density at radius 2 is 1.46 bits per heavy atom. The van der Waals surface area contributed by atoms with E-state index in [0.717, 1.165) is 61.6 Å². The number of ether oxygens (including phenoxy) is 1. The van der Waals surface area contributed by atoms with Crippen molar-refractivity contribution in [3.8, 4) is 0 Å². The van der Waals surface area contributed by atoms with Crippen LogP contribution in [0.3, 0.4) is 0 Å². The Hall–Kier alpha value is -3.35. The van der Waals surface area contributed by atoms with E-state index in [-0.39, 0.29) is 18.2 Å². The second-order valence-corrected chi connectivity index (χ2v) is 11.6. The van der Waals surface area contributed by atoms with Gasteiger partial charge in [0.1, 0.15) is 17.7 Å². The summed E-state index contributed by atoms with van der Waals surface area (Å²) in [6.07, 6.45) is 6.11. The maximum absolute atomic E-state index is 14.4. The Labute approximate surface area is 247 Å². The number of alkyl carbamates (subject to hydrolysis) is 1. The Balaban J connectivity index is 2.51. The molecule has 0 aromatic heterocycles. The summed E-state index contributed by atoms with van der Waals surface area (Å²) >= 11 is 0. The van der Waals surface area contributed by atoms with Gasteiger partial charge in [-0.05, 0) is 56.7 Å². The first-order valence-electron chi connectivity index (χ1n) is 15.3. The van der Waals surface area contributed by atoms with Crippen molar-refractivity contribution in [3.63, 3.8) is 0 Å².